The molecule has 158 valence electrons. The number of carbonyl (C=O) groups excluding carboxylic acids is 1. The Balaban J connectivity index is 1.46. The lowest BCUT2D eigenvalue weighted by Crippen LogP contribution is -2.31. The maximum Gasteiger partial charge on any atom is 0.275 e. The fourth-order valence-electron chi connectivity index (χ4n) is 3.71. The van der Waals surface area contributed by atoms with E-state index in [1.165, 1.54) is 4.68 Å². The minimum absolute atomic E-state index is 0.0587. The Labute approximate surface area is 180 Å². The molecule has 7 nitrogen and oxygen atoms in total. The number of para-hydroxylation sites is 1. The maximum atomic E-state index is 12.5. The lowest BCUT2D eigenvalue weighted by atomic mass is 10.0. The van der Waals surface area contributed by atoms with Gasteiger partial charge in [-0.05, 0) is 26.0 Å². The van der Waals surface area contributed by atoms with Crippen LogP contribution in [0.4, 0.5) is 0 Å². The highest BCUT2D eigenvalue weighted by Crippen LogP contribution is 2.41. The number of terminal acetylenes is 1. The second-order valence-corrected chi connectivity index (χ2v) is 8.01. The second-order valence-electron chi connectivity index (χ2n) is 8.01. The van der Waals surface area contributed by atoms with Crippen LogP contribution in [0.2, 0.25) is 0 Å². The summed E-state index contributed by atoms with van der Waals surface area (Å²) in [4.78, 5) is 24.9. The van der Waals surface area contributed by atoms with Gasteiger partial charge in [-0.3, -0.25) is 9.59 Å². The van der Waals surface area contributed by atoms with Gasteiger partial charge in [-0.25, -0.2) is 4.68 Å². The van der Waals surface area contributed by atoms with Gasteiger partial charge in [0.25, 0.3) is 11.5 Å². The van der Waals surface area contributed by atoms with Crippen molar-refractivity contribution in [1.82, 2.24) is 15.1 Å². The van der Waals surface area contributed by atoms with Crippen LogP contribution < -0.4 is 20.3 Å². The fourth-order valence-corrected chi connectivity index (χ4v) is 3.71. The highest BCUT2D eigenvalue weighted by molar-refractivity contribution is 5.84. The van der Waals surface area contributed by atoms with Gasteiger partial charge in [-0.1, -0.05) is 36.3 Å². The number of aromatic nitrogens is 2. The Bertz CT molecular complexity index is 1250. The molecule has 0 spiro atoms. The van der Waals surface area contributed by atoms with Crippen molar-refractivity contribution in [2.75, 3.05) is 6.61 Å². The molecule has 1 amide bonds. The van der Waals surface area contributed by atoms with E-state index in [-0.39, 0.29) is 36.8 Å². The molecule has 0 unspecified atom stereocenters. The van der Waals surface area contributed by atoms with E-state index in [0.717, 1.165) is 12.0 Å². The number of hydrogen-bond donors (Lipinski definition) is 1. The first-order valence-corrected chi connectivity index (χ1v) is 10.0. The molecule has 0 fully saturated rings. The molecule has 1 aromatic heterocycles. The van der Waals surface area contributed by atoms with Crippen LogP contribution in [0.25, 0.3) is 10.8 Å². The van der Waals surface area contributed by atoms with Crippen molar-refractivity contribution < 1.29 is 14.3 Å². The third-order valence-corrected chi connectivity index (χ3v) is 5.05. The van der Waals surface area contributed by atoms with Crippen molar-refractivity contribution in [1.29, 1.82) is 0 Å². The monoisotopic (exact) mass is 417 g/mol. The van der Waals surface area contributed by atoms with Gasteiger partial charge in [-0.2, -0.15) is 5.10 Å². The van der Waals surface area contributed by atoms with E-state index in [1.54, 1.807) is 24.3 Å². The molecule has 0 saturated carbocycles. The van der Waals surface area contributed by atoms with E-state index < -0.39 is 0 Å². The number of rotatable bonds is 6. The van der Waals surface area contributed by atoms with Crippen LogP contribution in [0.5, 0.6) is 11.5 Å². The first-order valence-electron chi connectivity index (χ1n) is 10.0. The van der Waals surface area contributed by atoms with Gasteiger partial charge in [0, 0.05) is 17.4 Å². The van der Waals surface area contributed by atoms with Gasteiger partial charge >= 0.3 is 0 Å². The molecule has 1 N–H and O–H groups in total. The quantitative estimate of drug-likeness (QED) is 0.623. The number of benzene rings is 2. The maximum absolute atomic E-state index is 12.5. The lowest BCUT2D eigenvalue weighted by Gasteiger charge is -2.18. The first kappa shape index (κ1) is 20.5. The van der Waals surface area contributed by atoms with Crippen molar-refractivity contribution in [3.8, 4) is 23.8 Å². The smallest absolute Gasteiger partial charge is 0.275 e. The van der Waals surface area contributed by atoms with Crippen molar-refractivity contribution in [3.05, 3.63) is 64.1 Å². The molecule has 2 heterocycles. The molecular weight excluding hydrogens is 394 g/mol. The third-order valence-electron chi connectivity index (χ3n) is 5.05. The summed E-state index contributed by atoms with van der Waals surface area (Å²) >= 11 is 0. The molecule has 0 aliphatic carbocycles. The Morgan fingerprint density at radius 2 is 2.03 bits per heavy atom. The van der Waals surface area contributed by atoms with Crippen LogP contribution in [-0.4, -0.2) is 27.9 Å². The molecule has 1 aliphatic heterocycles. The van der Waals surface area contributed by atoms with E-state index in [0.29, 0.717) is 28.0 Å². The Morgan fingerprint density at radius 1 is 1.26 bits per heavy atom. The third kappa shape index (κ3) is 4.24. The van der Waals surface area contributed by atoms with Gasteiger partial charge < -0.3 is 14.8 Å². The van der Waals surface area contributed by atoms with Crippen molar-refractivity contribution >= 4 is 16.7 Å². The summed E-state index contributed by atoms with van der Waals surface area (Å²) in [7, 11) is 0. The average molecular weight is 417 g/mol. The van der Waals surface area contributed by atoms with Crippen LogP contribution in [0.1, 0.15) is 25.1 Å². The van der Waals surface area contributed by atoms with Crippen LogP contribution in [-0.2, 0) is 24.3 Å². The number of carbonyl (C=O) groups is 1. The molecule has 7 heteroatoms. The summed E-state index contributed by atoms with van der Waals surface area (Å²) < 4.78 is 12.9. The van der Waals surface area contributed by atoms with Gasteiger partial charge in [0.2, 0.25) is 0 Å². The molecular formula is C24H23N3O4. The van der Waals surface area contributed by atoms with E-state index in [2.05, 4.69) is 16.3 Å². The predicted molar refractivity (Wildman–Crippen MR) is 117 cm³/mol. The van der Waals surface area contributed by atoms with Crippen molar-refractivity contribution in [2.45, 2.75) is 39.0 Å². The Hall–Kier alpha value is -3.79. The molecule has 31 heavy (non-hydrogen) atoms. The summed E-state index contributed by atoms with van der Waals surface area (Å²) in [6.45, 7) is 4.07. The van der Waals surface area contributed by atoms with Gasteiger partial charge in [0.1, 0.15) is 12.1 Å². The zero-order chi connectivity index (χ0) is 22.0. The van der Waals surface area contributed by atoms with E-state index >= 15 is 0 Å². The number of ether oxygens (including phenoxy) is 2. The van der Waals surface area contributed by atoms with Crippen LogP contribution in [0.3, 0.4) is 0 Å². The molecule has 0 saturated heterocycles. The second kappa shape index (κ2) is 8.15. The molecule has 1 aliphatic rings. The predicted octanol–water partition coefficient (Wildman–Crippen LogP) is 2.44. The summed E-state index contributed by atoms with van der Waals surface area (Å²) in [6, 6.07) is 12.8. The molecule has 0 atom stereocenters. The standard InChI is InChI=1S/C24H23N3O4/c1-4-12-27-23(29)18-10-6-5-9-17(18)19(26-27)14-25-21(28)15-30-20-11-7-8-16-13-24(2,3)31-22(16)20/h1,5-11H,12-15H2,2-3H3,(H,25,28). The Kier molecular flexibility index (Phi) is 5.38. The average Bonchev–Trinajstić information content (AvgIpc) is 3.08. The topological polar surface area (TPSA) is 82.5 Å². The molecule has 0 bridgehead atoms. The van der Waals surface area contributed by atoms with Gasteiger partial charge in [-0.15, -0.1) is 6.42 Å². The first-order chi connectivity index (χ1) is 14.9. The summed E-state index contributed by atoms with van der Waals surface area (Å²) in [5.41, 5.74) is 1.07. The molecule has 0 radical (unpaired) electrons. The normalized spacial score (nSPS) is 13.8. The zero-order valence-corrected chi connectivity index (χ0v) is 17.5. The van der Waals surface area contributed by atoms with E-state index in [4.69, 9.17) is 15.9 Å². The highest BCUT2D eigenvalue weighted by Gasteiger charge is 2.32. The van der Waals surface area contributed by atoms with E-state index in [9.17, 15) is 9.59 Å². The number of fused-ring (bicyclic) bond motifs is 2. The van der Waals surface area contributed by atoms with Crippen molar-refractivity contribution in [2.24, 2.45) is 0 Å². The SMILES string of the molecule is C#CCn1nc(CNC(=O)COc2cccc3c2OC(C)(C)C3)c2ccccc2c1=O. The van der Waals surface area contributed by atoms with Crippen LogP contribution in [0.15, 0.2) is 47.3 Å². The summed E-state index contributed by atoms with van der Waals surface area (Å²) in [6.07, 6.45) is 6.14. The number of nitrogens with one attached hydrogen (secondary N) is 1. The van der Waals surface area contributed by atoms with Crippen molar-refractivity contribution in [3.63, 3.8) is 0 Å². The molecule has 3 aromatic rings. The zero-order valence-electron chi connectivity index (χ0n) is 17.5. The highest BCUT2D eigenvalue weighted by atomic mass is 16.5. The largest absolute Gasteiger partial charge is 0.483 e. The summed E-state index contributed by atoms with van der Waals surface area (Å²) in [5, 5.41) is 8.32. The molecule has 2 aromatic carbocycles. The van der Waals surface area contributed by atoms with Gasteiger partial charge in [0.05, 0.1) is 17.6 Å². The number of hydrogen-bond acceptors (Lipinski definition) is 5. The van der Waals surface area contributed by atoms with E-state index in [1.807, 2.05) is 32.0 Å². The minimum atomic E-state index is -0.310. The number of amides is 1. The summed E-state index contributed by atoms with van der Waals surface area (Å²) in [5.74, 6) is 3.35. The fraction of sp³-hybridized carbons (Fsp3) is 0.292. The molecule has 4 rings (SSSR count). The lowest BCUT2D eigenvalue weighted by molar-refractivity contribution is -0.123. The number of nitrogens with zero attached hydrogens (tertiary/aromatic N) is 2. The van der Waals surface area contributed by atoms with Crippen LogP contribution in [0, 0.1) is 12.3 Å². The van der Waals surface area contributed by atoms with Gasteiger partial charge in [0.15, 0.2) is 18.1 Å². The minimum Gasteiger partial charge on any atom is -0.483 e. The Morgan fingerprint density at radius 3 is 2.81 bits per heavy atom. The van der Waals surface area contributed by atoms with Crippen LogP contribution >= 0.6 is 0 Å².